The molecule has 0 fully saturated rings. The number of amides is 1. The maximum absolute atomic E-state index is 12.8. The second-order valence-corrected chi connectivity index (χ2v) is 5.22. The van der Waals surface area contributed by atoms with E-state index < -0.39 is 6.10 Å². The Morgan fingerprint density at radius 1 is 1.26 bits per heavy atom. The van der Waals surface area contributed by atoms with E-state index in [1.807, 2.05) is 0 Å². The van der Waals surface area contributed by atoms with Crippen molar-refractivity contribution >= 4 is 5.91 Å². The summed E-state index contributed by atoms with van der Waals surface area (Å²) in [6.07, 6.45) is 0.0255. The molecule has 0 saturated carbocycles. The topological polar surface area (TPSA) is 58.6 Å². The van der Waals surface area contributed by atoms with Gasteiger partial charge in [0.2, 0.25) is 5.91 Å². The molecule has 0 radical (unpaired) electrons. The molecule has 0 saturated heterocycles. The summed E-state index contributed by atoms with van der Waals surface area (Å²) in [5, 5.41) is 12.8. The molecule has 23 heavy (non-hydrogen) atoms. The summed E-state index contributed by atoms with van der Waals surface area (Å²) in [4.78, 5) is 11.8. The first-order chi connectivity index (χ1) is 11.1. The lowest BCUT2D eigenvalue weighted by atomic mass is 10.1. The van der Waals surface area contributed by atoms with E-state index in [1.165, 1.54) is 12.1 Å². The molecular weight excluding hydrogens is 297 g/mol. The van der Waals surface area contributed by atoms with E-state index in [2.05, 4.69) is 5.32 Å². The van der Waals surface area contributed by atoms with Gasteiger partial charge in [-0.1, -0.05) is 24.3 Å². The van der Waals surface area contributed by atoms with Crippen molar-refractivity contribution in [2.24, 2.45) is 0 Å². The Bertz CT molecular complexity index is 643. The molecule has 0 aliphatic heterocycles. The van der Waals surface area contributed by atoms with Gasteiger partial charge in [-0.05, 0) is 41.8 Å². The molecule has 1 amide bonds. The van der Waals surface area contributed by atoms with Crippen molar-refractivity contribution in [1.82, 2.24) is 5.32 Å². The maximum Gasteiger partial charge on any atom is 0.220 e. The zero-order valence-corrected chi connectivity index (χ0v) is 13.0. The monoisotopic (exact) mass is 317 g/mol. The zero-order valence-electron chi connectivity index (χ0n) is 13.0. The minimum absolute atomic E-state index is 0.134. The smallest absolute Gasteiger partial charge is 0.220 e. The molecule has 2 aromatic rings. The number of benzene rings is 2. The van der Waals surface area contributed by atoms with Crippen molar-refractivity contribution in [3.63, 3.8) is 0 Å². The molecule has 2 rings (SSSR count). The highest BCUT2D eigenvalue weighted by atomic mass is 19.1. The second kappa shape index (κ2) is 8.29. The summed E-state index contributed by atoms with van der Waals surface area (Å²) >= 11 is 0. The third-order valence-corrected chi connectivity index (χ3v) is 3.53. The van der Waals surface area contributed by atoms with Gasteiger partial charge >= 0.3 is 0 Å². The molecule has 0 spiro atoms. The molecule has 0 bridgehead atoms. The fraction of sp³-hybridized carbons (Fsp3) is 0.278. The van der Waals surface area contributed by atoms with Crippen LogP contribution in [0.2, 0.25) is 0 Å². The number of nitrogens with one attached hydrogen (secondary N) is 1. The SMILES string of the molecule is COc1cccc(C(O)CNC(=O)CCc2ccc(F)cc2)c1. The van der Waals surface area contributed by atoms with E-state index >= 15 is 0 Å². The van der Waals surface area contributed by atoms with Crippen LogP contribution in [0.4, 0.5) is 4.39 Å². The first-order valence-electron chi connectivity index (χ1n) is 7.41. The fourth-order valence-corrected chi connectivity index (χ4v) is 2.17. The number of hydrogen-bond donors (Lipinski definition) is 2. The number of methoxy groups -OCH3 is 1. The van der Waals surface area contributed by atoms with Crippen molar-refractivity contribution in [2.75, 3.05) is 13.7 Å². The standard InChI is InChI=1S/C18H20FNO3/c1-23-16-4-2-3-14(11-16)17(21)12-20-18(22)10-7-13-5-8-15(19)9-6-13/h2-6,8-9,11,17,21H,7,10,12H2,1H3,(H,20,22). The summed E-state index contributed by atoms with van der Waals surface area (Å²) in [7, 11) is 1.56. The second-order valence-electron chi connectivity index (χ2n) is 5.22. The Morgan fingerprint density at radius 3 is 2.70 bits per heavy atom. The van der Waals surface area contributed by atoms with Crippen LogP contribution in [0.25, 0.3) is 0 Å². The number of aliphatic hydroxyl groups excluding tert-OH is 1. The number of carbonyl (C=O) groups excluding carboxylic acids is 1. The lowest BCUT2D eigenvalue weighted by Gasteiger charge is -2.13. The van der Waals surface area contributed by atoms with Gasteiger partial charge in [0.25, 0.3) is 0 Å². The van der Waals surface area contributed by atoms with Gasteiger partial charge in [0.1, 0.15) is 11.6 Å². The van der Waals surface area contributed by atoms with Gasteiger partial charge in [-0.15, -0.1) is 0 Å². The predicted octanol–water partition coefficient (Wildman–Crippen LogP) is 2.62. The number of hydrogen-bond acceptors (Lipinski definition) is 3. The number of rotatable bonds is 7. The summed E-state index contributed by atoms with van der Waals surface area (Å²) < 4.78 is 17.9. The first kappa shape index (κ1) is 17.0. The average Bonchev–Trinajstić information content (AvgIpc) is 2.59. The lowest BCUT2D eigenvalue weighted by molar-refractivity contribution is -0.121. The van der Waals surface area contributed by atoms with Crippen LogP contribution in [0.1, 0.15) is 23.7 Å². The van der Waals surface area contributed by atoms with Crippen LogP contribution in [-0.2, 0) is 11.2 Å². The highest BCUT2D eigenvalue weighted by molar-refractivity contribution is 5.76. The molecule has 2 aromatic carbocycles. The first-order valence-corrected chi connectivity index (χ1v) is 7.41. The van der Waals surface area contributed by atoms with Crippen molar-refractivity contribution < 1.29 is 19.0 Å². The summed E-state index contributed by atoms with van der Waals surface area (Å²) in [6.45, 7) is 0.134. The Balaban J connectivity index is 1.78. The molecule has 0 heterocycles. The average molecular weight is 317 g/mol. The molecule has 1 unspecified atom stereocenters. The van der Waals surface area contributed by atoms with Gasteiger partial charge in [0.05, 0.1) is 13.2 Å². The lowest BCUT2D eigenvalue weighted by Crippen LogP contribution is -2.28. The number of carbonyl (C=O) groups is 1. The van der Waals surface area contributed by atoms with Crippen LogP contribution in [0, 0.1) is 5.82 Å². The van der Waals surface area contributed by atoms with Gasteiger partial charge in [-0.25, -0.2) is 4.39 Å². The number of aryl methyl sites for hydroxylation is 1. The van der Waals surface area contributed by atoms with E-state index in [9.17, 15) is 14.3 Å². The van der Waals surface area contributed by atoms with E-state index in [1.54, 1.807) is 43.5 Å². The van der Waals surface area contributed by atoms with Crippen LogP contribution in [-0.4, -0.2) is 24.7 Å². The summed E-state index contributed by atoms with van der Waals surface area (Å²) in [5.74, 6) is 0.208. The van der Waals surface area contributed by atoms with E-state index in [-0.39, 0.29) is 24.7 Å². The summed E-state index contributed by atoms with van der Waals surface area (Å²) in [6, 6.07) is 13.2. The molecule has 5 heteroatoms. The molecule has 122 valence electrons. The van der Waals surface area contributed by atoms with Crippen LogP contribution in [0.5, 0.6) is 5.75 Å². The highest BCUT2D eigenvalue weighted by Gasteiger charge is 2.10. The molecule has 0 aromatic heterocycles. The normalized spacial score (nSPS) is 11.8. The summed E-state index contributed by atoms with van der Waals surface area (Å²) in [5.41, 5.74) is 1.58. The fourth-order valence-electron chi connectivity index (χ4n) is 2.17. The molecule has 0 aliphatic carbocycles. The zero-order chi connectivity index (χ0) is 16.7. The van der Waals surface area contributed by atoms with Gasteiger partial charge < -0.3 is 15.2 Å². The Morgan fingerprint density at radius 2 is 2.00 bits per heavy atom. The largest absolute Gasteiger partial charge is 0.497 e. The third kappa shape index (κ3) is 5.38. The number of halogens is 1. The highest BCUT2D eigenvalue weighted by Crippen LogP contribution is 2.18. The van der Waals surface area contributed by atoms with Crippen LogP contribution in [0.3, 0.4) is 0 Å². The van der Waals surface area contributed by atoms with Gasteiger partial charge in [0.15, 0.2) is 0 Å². The van der Waals surface area contributed by atoms with E-state index in [4.69, 9.17) is 4.74 Å². The number of aliphatic hydroxyl groups is 1. The molecule has 4 nitrogen and oxygen atoms in total. The quantitative estimate of drug-likeness (QED) is 0.825. The molecule has 2 N–H and O–H groups in total. The Kier molecular flexibility index (Phi) is 6.11. The third-order valence-electron chi connectivity index (χ3n) is 3.53. The van der Waals surface area contributed by atoms with E-state index in [0.29, 0.717) is 17.7 Å². The minimum Gasteiger partial charge on any atom is -0.497 e. The van der Waals surface area contributed by atoms with Crippen LogP contribution in [0.15, 0.2) is 48.5 Å². The Labute approximate surface area is 134 Å². The maximum atomic E-state index is 12.8. The van der Waals surface area contributed by atoms with Crippen molar-refractivity contribution in [3.05, 3.63) is 65.5 Å². The minimum atomic E-state index is -0.792. The van der Waals surface area contributed by atoms with Crippen molar-refractivity contribution in [2.45, 2.75) is 18.9 Å². The predicted molar refractivity (Wildman–Crippen MR) is 85.7 cm³/mol. The van der Waals surface area contributed by atoms with Gasteiger partial charge in [-0.2, -0.15) is 0 Å². The Hall–Kier alpha value is -2.40. The molecule has 1 atom stereocenters. The van der Waals surface area contributed by atoms with Crippen LogP contribution < -0.4 is 10.1 Å². The van der Waals surface area contributed by atoms with Crippen molar-refractivity contribution in [1.29, 1.82) is 0 Å². The van der Waals surface area contributed by atoms with Gasteiger partial charge in [0, 0.05) is 13.0 Å². The van der Waals surface area contributed by atoms with Crippen molar-refractivity contribution in [3.8, 4) is 5.75 Å². The van der Waals surface area contributed by atoms with Crippen LogP contribution >= 0.6 is 0 Å². The molecule has 0 aliphatic rings. The van der Waals surface area contributed by atoms with E-state index in [0.717, 1.165) is 5.56 Å². The molecular formula is C18H20FNO3. The number of ether oxygens (including phenoxy) is 1. The van der Waals surface area contributed by atoms with Gasteiger partial charge in [-0.3, -0.25) is 4.79 Å².